The molecule has 8 nitrogen and oxygen atoms in total. The van der Waals surface area contributed by atoms with Gasteiger partial charge in [0.1, 0.15) is 6.04 Å². The van der Waals surface area contributed by atoms with E-state index in [4.69, 9.17) is 0 Å². The van der Waals surface area contributed by atoms with Crippen molar-refractivity contribution in [3.8, 4) is 0 Å². The number of H-pyrrole nitrogens is 1. The molecule has 1 saturated heterocycles. The summed E-state index contributed by atoms with van der Waals surface area (Å²) in [4.78, 5) is 60.8. The van der Waals surface area contributed by atoms with Crippen LogP contribution in [-0.2, 0) is 14.4 Å². The van der Waals surface area contributed by atoms with Gasteiger partial charge < -0.3 is 10.1 Å². The van der Waals surface area contributed by atoms with Gasteiger partial charge in [-0.3, -0.25) is 24.3 Å². The number of amides is 2. The van der Waals surface area contributed by atoms with Crippen molar-refractivity contribution in [3.63, 3.8) is 0 Å². The summed E-state index contributed by atoms with van der Waals surface area (Å²) >= 11 is 2.84. The molecule has 0 unspecified atom stereocenters. The molecule has 2 aromatic heterocycles. The number of nitrogens with zero attached hydrogens (tertiary/aromatic N) is 2. The number of likely N-dealkylation sites (tertiary alicyclic amines) is 1. The van der Waals surface area contributed by atoms with Crippen LogP contribution < -0.4 is 4.87 Å². The lowest BCUT2D eigenvalue weighted by molar-refractivity contribution is -0.156. The number of pyridine rings is 1. The number of thiazole rings is 1. The first-order chi connectivity index (χ1) is 16.3. The van der Waals surface area contributed by atoms with Gasteiger partial charge in [0.05, 0.1) is 16.9 Å². The lowest BCUT2D eigenvalue weighted by Gasteiger charge is -2.42. The lowest BCUT2D eigenvalue weighted by atomic mass is 9.68. The van der Waals surface area contributed by atoms with Gasteiger partial charge in [-0.05, 0) is 48.1 Å². The molecule has 2 N–H and O–H groups in total. The van der Waals surface area contributed by atoms with Crippen molar-refractivity contribution in [1.82, 2.24) is 14.9 Å². The van der Waals surface area contributed by atoms with Crippen LogP contribution in [0.2, 0.25) is 0 Å². The number of thioether (sulfide) groups is 1. The fraction of sp³-hybridized carbons (Fsp3) is 0.542. The molecule has 0 aromatic carbocycles. The Balaban J connectivity index is 1.42. The number of nitrogens with one attached hydrogen (secondary N) is 1. The Hall–Kier alpha value is -2.46. The minimum atomic E-state index is -1.12. The molecular formula is C24H25N3O5S2. The molecule has 34 heavy (non-hydrogen) atoms. The monoisotopic (exact) mass is 499 g/mol. The molecule has 178 valence electrons. The maximum atomic E-state index is 13.7. The highest BCUT2D eigenvalue weighted by molar-refractivity contribution is 8.00. The number of aromatic nitrogens is 2. The SMILES string of the molecule is CC(C)C[C@H](C(=O)O)N1C(=O)[C@@H]2[C@H]3C[C@@H]([C@@H]2C1=O)[C@@H]1[C@@H](c2cccnc2)c2sc(=O)[nH]c2S[C@H]31. The molecular weight excluding hydrogens is 474 g/mol. The molecule has 2 bridgehead atoms. The van der Waals surface area contributed by atoms with Crippen LogP contribution in [-0.4, -0.2) is 49.0 Å². The van der Waals surface area contributed by atoms with Gasteiger partial charge >= 0.3 is 10.8 Å². The van der Waals surface area contributed by atoms with E-state index >= 15 is 0 Å². The zero-order valence-corrected chi connectivity index (χ0v) is 20.3. The van der Waals surface area contributed by atoms with Crippen molar-refractivity contribution >= 4 is 40.9 Å². The topological polar surface area (TPSA) is 120 Å². The number of aromatic amines is 1. The molecule has 4 heterocycles. The van der Waals surface area contributed by atoms with Crippen LogP contribution >= 0.6 is 23.1 Å². The Labute approximate surface area is 204 Å². The molecule has 2 saturated carbocycles. The molecule has 2 aliphatic heterocycles. The fourth-order valence-corrected chi connectivity index (χ4v) is 9.93. The van der Waals surface area contributed by atoms with Gasteiger partial charge in [0.25, 0.3) is 0 Å². The number of carboxylic acid groups (broad SMARTS) is 1. The number of carbonyl (C=O) groups excluding carboxylic acids is 2. The van der Waals surface area contributed by atoms with Crippen LogP contribution in [0.25, 0.3) is 0 Å². The maximum absolute atomic E-state index is 13.7. The summed E-state index contributed by atoms with van der Waals surface area (Å²) in [5.41, 5.74) is 1.01. The highest BCUT2D eigenvalue weighted by Crippen LogP contribution is 2.68. The molecule has 2 amide bonds. The third-order valence-corrected chi connectivity index (χ3v) is 10.7. The molecule has 8 atom stereocenters. The van der Waals surface area contributed by atoms with Crippen LogP contribution in [0.5, 0.6) is 0 Å². The summed E-state index contributed by atoms with van der Waals surface area (Å²) in [5.74, 6) is -2.71. The number of carboxylic acids is 1. The average Bonchev–Trinajstić information content (AvgIpc) is 3.51. The van der Waals surface area contributed by atoms with Crippen molar-refractivity contribution in [1.29, 1.82) is 0 Å². The van der Waals surface area contributed by atoms with Gasteiger partial charge in [-0.25, -0.2) is 4.79 Å². The summed E-state index contributed by atoms with van der Waals surface area (Å²) in [7, 11) is 0. The number of rotatable bonds is 5. The van der Waals surface area contributed by atoms with E-state index in [1.807, 2.05) is 32.2 Å². The molecule has 10 heteroatoms. The first kappa shape index (κ1) is 22.0. The number of fused-ring (bicyclic) bond motifs is 9. The van der Waals surface area contributed by atoms with Crippen molar-refractivity contribution in [2.45, 2.75) is 48.9 Å². The summed E-state index contributed by atoms with van der Waals surface area (Å²) in [6, 6.07) is 2.78. The van der Waals surface area contributed by atoms with Gasteiger partial charge in [-0.1, -0.05) is 31.3 Å². The second-order valence-electron chi connectivity index (χ2n) is 10.3. The predicted octanol–water partition coefficient (Wildman–Crippen LogP) is 2.80. The molecule has 3 fully saturated rings. The van der Waals surface area contributed by atoms with Crippen molar-refractivity contribution < 1.29 is 19.5 Å². The summed E-state index contributed by atoms with van der Waals surface area (Å²) in [5, 5.41) is 10.8. The molecule has 0 radical (unpaired) electrons. The van der Waals surface area contributed by atoms with Crippen molar-refractivity contribution in [2.75, 3.05) is 0 Å². The van der Waals surface area contributed by atoms with E-state index in [2.05, 4.69) is 9.97 Å². The van der Waals surface area contributed by atoms with Crippen LogP contribution in [0.4, 0.5) is 0 Å². The molecule has 2 aliphatic carbocycles. The zero-order chi connectivity index (χ0) is 23.9. The summed E-state index contributed by atoms with van der Waals surface area (Å²) in [6.45, 7) is 3.79. The maximum Gasteiger partial charge on any atom is 0.326 e. The number of hydrogen-bond acceptors (Lipinski definition) is 7. The normalized spacial score (nSPS) is 34.3. The zero-order valence-electron chi connectivity index (χ0n) is 18.7. The van der Waals surface area contributed by atoms with E-state index < -0.39 is 23.8 Å². The van der Waals surface area contributed by atoms with E-state index in [9.17, 15) is 24.3 Å². The highest BCUT2D eigenvalue weighted by Gasteiger charge is 2.70. The van der Waals surface area contributed by atoms with Crippen molar-refractivity contribution in [2.24, 2.45) is 35.5 Å². The van der Waals surface area contributed by atoms with E-state index in [1.54, 1.807) is 18.0 Å². The molecule has 0 spiro atoms. The Morgan fingerprint density at radius 2 is 1.97 bits per heavy atom. The van der Waals surface area contributed by atoms with E-state index in [1.165, 1.54) is 11.3 Å². The number of carbonyl (C=O) groups is 3. The Kier molecular flexibility index (Phi) is 5.04. The first-order valence-corrected chi connectivity index (χ1v) is 13.4. The number of aliphatic carboxylic acids is 1. The summed E-state index contributed by atoms with van der Waals surface area (Å²) < 4.78 is 0. The Morgan fingerprint density at radius 1 is 1.24 bits per heavy atom. The lowest BCUT2D eigenvalue weighted by Crippen LogP contribution is -2.47. The van der Waals surface area contributed by atoms with E-state index in [-0.39, 0.29) is 57.9 Å². The predicted molar refractivity (Wildman–Crippen MR) is 125 cm³/mol. The molecule has 4 aliphatic rings. The number of imide groups is 1. The third kappa shape index (κ3) is 3.00. The van der Waals surface area contributed by atoms with Gasteiger partial charge in [-0.15, -0.1) is 11.8 Å². The second-order valence-corrected chi connectivity index (χ2v) is 12.5. The number of hydrogen-bond donors (Lipinski definition) is 2. The quantitative estimate of drug-likeness (QED) is 0.607. The standard InChI is InChI=1S/C24H25N3O5S2/c1-9(2)6-13(23(30)31)27-21(28)16-11-7-12(17(16)22(27)29)18-15(11)14(10-4-3-5-25-8-10)19-20(33-18)26-24(32)34-19/h3-5,8-9,11-18H,6-7H2,1-2H3,(H,26,32)(H,30,31)/t11-,12-,13-,14-,15-,16+,17-,18-/m1/s1. The van der Waals surface area contributed by atoms with Crippen LogP contribution in [0, 0.1) is 35.5 Å². The van der Waals surface area contributed by atoms with E-state index in [0.29, 0.717) is 0 Å². The van der Waals surface area contributed by atoms with Crippen LogP contribution in [0.15, 0.2) is 34.3 Å². The van der Waals surface area contributed by atoms with Gasteiger partial charge in [0, 0.05) is 28.4 Å². The highest BCUT2D eigenvalue weighted by atomic mass is 32.2. The minimum absolute atomic E-state index is 0.0179. The third-order valence-electron chi connectivity index (χ3n) is 8.09. The fourth-order valence-electron chi connectivity index (χ4n) is 7.04. The molecule has 6 rings (SSSR count). The van der Waals surface area contributed by atoms with Gasteiger partial charge in [0.15, 0.2) is 0 Å². The van der Waals surface area contributed by atoms with Gasteiger partial charge in [-0.2, -0.15) is 0 Å². The van der Waals surface area contributed by atoms with Crippen LogP contribution in [0.3, 0.4) is 0 Å². The summed E-state index contributed by atoms with van der Waals surface area (Å²) in [6.07, 6.45) is 4.57. The largest absolute Gasteiger partial charge is 0.480 e. The van der Waals surface area contributed by atoms with Gasteiger partial charge in [0.2, 0.25) is 11.8 Å². The average molecular weight is 500 g/mol. The van der Waals surface area contributed by atoms with Crippen molar-refractivity contribution in [3.05, 3.63) is 44.6 Å². The Bertz CT molecular complexity index is 1240. The molecule has 2 aromatic rings. The smallest absolute Gasteiger partial charge is 0.326 e. The first-order valence-electron chi connectivity index (χ1n) is 11.7. The van der Waals surface area contributed by atoms with E-state index in [0.717, 1.165) is 26.8 Å². The second kappa shape index (κ2) is 7.78. The van der Waals surface area contributed by atoms with Crippen LogP contribution in [0.1, 0.15) is 43.0 Å². The Morgan fingerprint density at radius 3 is 2.62 bits per heavy atom. The minimum Gasteiger partial charge on any atom is -0.480 e.